The maximum atomic E-state index is 12.8. The molecule has 90 valence electrons. The highest BCUT2D eigenvalue weighted by Gasteiger charge is 2.51. The van der Waals surface area contributed by atoms with Gasteiger partial charge in [-0.2, -0.15) is 13.2 Å². The van der Waals surface area contributed by atoms with Crippen LogP contribution < -0.4 is 0 Å². The zero-order valence-corrected chi connectivity index (χ0v) is 9.80. The van der Waals surface area contributed by atoms with E-state index in [-0.39, 0.29) is 24.4 Å². The third-order valence-electron chi connectivity index (χ3n) is 3.26. The first-order chi connectivity index (χ1) is 6.75. The van der Waals surface area contributed by atoms with Gasteiger partial charge in [-0.25, -0.2) is 0 Å². The standard InChI is InChI=1S/C11H20F3N/c1-7(2)10-9(11(12,13)14)5-6-15(10)8(3)4/h7-10H,5-6H2,1-4H3. The van der Waals surface area contributed by atoms with E-state index in [0.717, 1.165) is 0 Å². The molecule has 0 radical (unpaired) electrons. The molecule has 1 rings (SSSR count). The summed E-state index contributed by atoms with van der Waals surface area (Å²) in [5.41, 5.74) is 0. The second-order valence-corrected chi connectivity index (χ2v) is 5.00. The average Bonchev–Trinajstić information content (AvgIpc) is 2.45. The minimum Gasteiger partial charge on any atom is -0.297 e. The van der Waals surface area contributed by atoms with Crippen molar-refractivity contribution >= 4 is 0 Å². The Hall–Kier alpha value is -0.250. The number of nitrogens with zero attached hydrogens (tertiary/aromatic N) is 1. The van der Waals surface area contributed by atoms with Crippen molar-refractivity contribution in [2.45, 2.75) is 52.4 Å². The van der Waals surface area contributed by atoms with Gasteiger partial charge in [-0.3, -0.25) is 4.90 Å². The summed E-state index contributed by atoms with van der Waals surface area (Å²) in [7, 11) is 0. The summed E-state index contributed by atoms with van der Waals surface area (Å²) in [4.78, 5) is 1.99. The Balaban J connectivity index is 2.85. The van der Waals surface area contributed by atoms with E-state index < -0.39 is 12.1 Å². The molecule has 0 spiro atoms. The Labute approximate surface area is 89.6 Å². The number of rotatable bonds is 2. The molecule has 1 saturated heterocycles. The Morgan fingerprint density at radius 3 is 2.00 bits per heavy atom. The molecule has 4 heteroatoms. The van der Waals surface area contributed by atoms with Crippen molar-refractivity contribution in [3.63, 3.8) is 0 Å². The van der Waals surface area contributed by atoms with Crippen LogP contribution in [0.2, 0.25) is 0 Å². The normalized spacial score (nSPS) is 29.4. The molecule has 0 N–H and O–H groups in total. The van der Waals surface area contributed by atoms with Gasteiger partial charge in [-0.1, -0.05) is 13.8 Å². The lowest BCUT2D eigenvalue weighted by molar-refractivity contribution is -0.184. The largest absolute Gasteiger partial charge is 0.393 e. The van der Waals surface area contributed by atoms with Gasteiger partial charge in [0.15, 0.2) is 0 Å². The highest BCUT2D eigenvalue weighted by molar-refractivity contribution is 4.93. The fourth-order valence-electron chi connectivity index (χ4n) is 2.65. The van der Waals surface area contributed by atoms with Crippen LogP contribution in [0.1, 0.15) is 34.1 Å². The van der Waals surface area contributed by atoms with E-state index in [2.05, 4.69) is 0 Å². The quantitative estimate of drug-likeness (QED) is 0.694. The minimum atomic E-state index is -4.04. The number of likely N-dealkylation sites (tertiary alicyclic amines) is 1. The summed E-state index contributed by atoms with van der Waals surface area (Å²) in [6, 6.07) is -0.144. The molecule has 0 amide bonds. The van der Waals surface area contributed by atoms with Crippen LogP contribution in [0, 0.1) is 11.8 Å². The van der Waals surface area contributed by atoms with Crippen LogP contribution in [-0.4, -0.2) is 29.7 Å². The first kappa shape index (κ1) is 12.8. The number of halogens is 3. The Kier molecular flexibility index (Phi) is 3.69. The van der Waals surface area contributed by atoms with Gasteiger partial charge in [-0.15, -0.1) is 0 Å². The SMILES string of the molecule is CC(C)C1C(C(F)(F)F)CCN1C(C)C. The maximum Gasteiger partial charge on any atom is 0.393 e. The molecule has 15 heavy (non-hydrogen) atoms. The summed E-state index contributed by atoms with van der Waals surface area (Å²) in [6.45, 7) is 8.27. The smallest absolute Gasteiger partial charge is 0.297 e. The van der Waals surface area contributed by atoms with Crippen molar-refractivity contribution in [3.05, 3.63) is 0 Å². The van der Waals surface area contributed by atoms with Crippen LogP contribution in [-0.2, 0) is 0 Å². The van der Waals surface area contributed by atoms with Gasteiger partial charge < -0.3 is 0 Å². The number of hydrogen-bond donors (Lipinski definition) is 0. The Morgan fingerprint density at radius 2 is 1.67 bits per heavy atom. The lowest BCUT2D eigenvalue weighted by atomic mass is 9.90. The molecule has 1 aliphatic rings. The molecule has 1 aliphatic heterocycles. The molecular formula is C11H20F3N. The number of alkyl halides is 3. The molecule has 0 bridgehead atoms. The van der Waals surface area contributed by atoms with Crippen LogP contribution >= 0.6 is 0 Å². The molecule has 2 unspecified atom stereocenters. The third kappa shape index (κ3) is 2.65. The summed E-state index contributed by atoms with van der Waals surface area (Å²) in [5.74, 6) is -1.08. The van der Waals surface area contributed by atoms with Gasteiger partial charge in [0.1, 0.15) is 0 Å². The summed E-state index contributed by atoms with van der Waals surface area (Å²) >= 11 is 0. The van der Waals surface area contributed by atoms with E-state index in [0.29, 0.717) is 6.54 Å². The lowest BCUT2D eigenvalue weighted by Crippen LogP contribution is -2.44. The monoisotopic (exact) mass is 223 g/mol. The van der Waals surface area contributed by atoms with Crippen LogP contribution in [0.15, 0.2) is 0 Å². The fraction of sp³-hybridized carbons (Fsp3) is 1.00. The molecule has 1 nitrogen and oxygen atoms in total. The predicted octanol–water partition coefficient (Wildman–Crippen LogP) is 3.30. The van der Waals surface area contributed by atoms with E-state index in [4.69, 9.17) is 0 Å². The molecule has 0 aliphatic carbocycles. The lowest BCUT2D eigenvalue weighted by Gasteiger charge is -2.34. The van der Waals surface area contributed by atoms with Gasteiger partial charge >= 0.3 is 6.18 Å². The molecular weight excluding hydrogens is 203 g/mol. The zero-order chi connectivity index (χ0) is 11.8. The van der Waals surface area contributed by atoms with Crippen molar-refractivity contribution < 1.29 is 13.2 Å². The van der Waals surface area contributed by atoms with Crippen LogP contribution in [0.25, 0.3) is 0 Å². The molecule has 0 aromatic rings. The van der Waals surface area contributed by atoms with Crippen LogP contribution in [0.5, 0.6) is 0 Å². The number of hydrogen-bond acceptors (Lipinski definition) is 1. The highest BCUT2D eigenvalue weighted by atomic mass is 19.4. The Morgan fingerprint density at radius 1 is 1.13 bits per heavy atom. The predicted molar refractivity (Wildman–Crippen MR) is 54.6 cm³/mol. The second kappa shape index (κ2) is 4.32. The van der Waals surface area contributed by atoms with Crippen molar-refractivity contribution in [2.75, 3.05) is 6.54 Å². The third-order valence-corrected chi connectivity index (χ3v) is 3.26. The van der Waals surface area contributed by atoms with Gasteiger partial charge in [0.25, 0.3) is 0 Å². The van der Waals surface area contributed by atoms with Crippen LogP contribution in [0.4, 0.5) is 13.2 Å². The highest BCUT2D eigenvalue weighted by Crippen LogP contribution is 2.41. The average molecular weight is 223 g/mol. The van der Waals surface area contributed by atoms with E-state index >= 15 is 0 Å². The van der Waals surface area contributed by atoms with E-state index in [1.165, 1.54) is 0 Å². The zero-order valence-electron chi connectivity index (χ0n) is 9.80. The maximum absolute atomic E-state index is 12.8. The first-order valence-electron chi connectivity index (χ1n) is 5.57. The molecule has 0 aromatic heterocycles. The van der Waals surface area contributed by atoms with Crippen molar-refractivity contribution in [3.8, 4) is 0 Å². The molecule has 1 fully saturated rings. The Bertz CT molecular complexity index is 210. The van der Waals surface area contributed by atoms with E-state index in [9.17, 15) is 13.2 Å². The van der Waals surface area contributed by atoms with Crippen LogP contribution in [0.3, 0.4) is 0 Å². The molecule has 1 heterocycles. The molecule has 0 aromatic carbocycles. The van der Waals surface area contributed by atoms with Gasteiger partial charge in [0.05, 0.1) is 5.92 Å². The second-order valence-electron chi connectivity index (χ2n) is 5.00. The summed E-state index contributed by atoms with van der Waals surface area (Å²) < 4.78 is 38.3. The van der Waals surface area contributed by atoms with Gasteiger partial charge in [0.2, 0.25) is 0 Å². The molecule has 0 saturated carbocycles. The topological polar surface area (TPSA) is 3.24 Å². The molecule has 2 atom stereocenters. The van der Waals surface area contributed by atoms with Crippen molar-refractivity contribution in [2.24, 2.45) is 11.8 Å². The first-order valence-corrected chi connectivity index (χ1v) is 5.57. The summed E-state index contributed by atoms with van der Waals surface area (Å²) in [6.07, 6.45) is -3.79. The van der Waals surface area contributed by atoms with Gasteiger partial charge in [0, 0.05) is 12.1 Å². The summed E-state index contributed by atoms with van der Waals surface area (Å²) in [5, 5.41) is 0. The van der Waals surface area contributed by atoms with Crippen molar-refractivity contribution in [1.82, 2.24) is 4.90 Å². The fourth-order valence-corrected chi connectivity index (χ4v) is 2.65. The minimum absolute atomic E-state index is 0.0570. The van der Waals surface area contributed by atoms with E-state index in [1.54, 1.807) is 0 Å². The van der Waals surface area contributed by atoms with Gasteiger partial charge in [-0.05, 0) is 32.7 Å². The van der Waals surface area contributed by atoms with E-state index in [1.807, 2.05) is 32.6 Å². The van der Waals surface area contributed by atoms with Crippen molar-refractivity contribution in [1.29, 1.82) is 0 Å².